The summed E-state index contributed by atoms with van der Waals surface area (Å²) in [5, 5.41) is 25.1. The third-order valence-electron chi connectivity index (χ3n) is 9.94. The molecule has 57 heavy (non-hydrogen) atoms. The number of rotatable bonds is 24. The number of hydrogen-bond donors (Lipinski definition) is 4. The summed E-state index contributed by atoms with van der Waals surface area (Å²) in [6.07, 6.45) is 24.3. The van der Waals surface area contributed by atoms with E-state index in [0.717, 1.165) is 52.4 Å². The van der Waals surface area contributed by atoms with E-state index in [0.29, 0.717) is 29.3 Å². The van der Waals surface area contributed by atoms with Crippen LogP contribution in [0.1, 0.15) is 118 Å². The Morgan fingerprint density at radius 2 is 1.16 bits per heavy atom. The van der Waals surface area contributed by atoms with E-state index in [1.807, 2.05) is 78.9 Å². The van der Waals surface area contributed by atoms with E-state index >= 15 is 0 Å². The molecule has 1 amide bonds. The summed E-state index contributed by atoms with van der Waals surface area (Å²) in [6, 6.07) is 24.1. The highest BCUT2D eigenvalue weighted by molar-refractivity contribution is 5.92. The first-order chi connectivity index (χ1) is 27.8. The van der Waals surface area contributed by atoms with Crippen LogP contribution in [0, 0.1) is 0 Å². The first-order valence-electron chi connectivity index (χ1n) is 20.3. The third-order valence-corrected chi connectivity index (χ3v) is 9.94. The lowest BCUT2D eigenvalue weighted by atomic mass is 10.0. The van der Waals surface area contributed by atoms with Crippen molar-refractivity contribution in [2.75, 3.05) is 6.54 Å². The Labute approximate surface area is 335 Å². The van der Waals surface area contributed by atoms with Crippen LogP contribution in [-0.2, 0) is 9.59 Å². The Morgan fingerprint density at radius 1 is 0.649 bits per heavy atom. The van der Waals surface area contributed by atoms with Crippen LogP contribution in [0.15, 0.2) is 95.5 Å². The summed E-state index contributed by atoms with van der Waals surface area (Å²) < 4.78 is 4.91. The van der Waals surface area contributed by atoms with Crippen molar-refractivity contribution in [1.29, 1.82) is 0 Å². The van der Waals surface area contributed by atoms with Gasteiger partial charge in [-0.15, -0.1) is 0 Å². The molecule has 298 valence electrons. The second kappa shape index (κ2) is 22.5. The quantitative estimate of drug-likeness (QED) is 0.0356. The monoisotopic (exact) mass is 770 g/mol. The lowest BCUT2D eigenvalue weighted by molar-refractivity contribution is -0.131. The van der Waals surface area contributed by atoms with Gasteiger partial charge in [0, 0.05) is 47.0 Å². The molecule has 2 aromatic heterocycles. The smallest absolute Gasteiger partial charge is 0.374 e. The van der Waals surface area contributed by atoms with Gasteiger partial charge in [0.05, 0.1) is 11.4 Å². The zero-order valence-corrected chi connectivity index (χ0v) is 32.8. The number of unbranched alkanes of at least 4 members (excludes halogenated alkanes) is 13. The Hall–Kier alpha value is -6.03. The number of nitrogens with zero attached hydrogens (tertiary/aromatic N) is 2. The molecular weight excluding hydrogens is 717 g/mol. The van der Waals surface area contributed by atoms with Gasteiger partial charge in [0.1, 0.15) is 11.5 Å². The molecule has 0 aliphatic carbocycles. The van der Waals surface area contributed by atoms with Crippen LogP contribution in [0.25, 0.3) is 57.3 Å². The molecule has 0 atom stereocenters. The maximum atomic E-state index is 12.5. The highest BCUT2D eigenvalue weighted by Crippen LogP contribution is 2.34. The van der Waals surface area contributed by atoms with Gasteiger partial charge in [-0.1, -0.05) is 168 Å². The molecule has 0 saturated heterocycles. The fourth-order valence-electron chi connectivity index (χ4n) is 6.68. The van der Waals surface area contributed by atoms with Crippen molar-refractivity contribution in [2.45, 2.75) is 96.8 Å². The number of carbonyl (C=O) groups is 3. The predicted molar refractivity (Wildman–Crippen MR) is 226 cm³/mol. The number of carboxylic acid groups (broad SMARTS) is 2. The van der Waals surface area contributed by atoms with E-state index in [9.17, 15) is 19.5 Å². The van der Waals surface area contributed by atoms with Gasteiger partial charge in [-0.2, -0.15) is 0 Å². The van der Waals surface area contributed by atoms with E-state index in [1.54, 1.807) is 6.08 Å². The molecule has 0 radical (unpaired) electrons. The molecule has 3 aromatic carbocycles. The number of carbonyl (C=O) groups excluding carboxylic acids is 1. The van der Waals surface area contributed by atoms with Crippen molar-refractivity contribution in [1.82, 2.24) is 20.4 Å². The number of aromatic amines is 1. The molecule has 10 nitrogen and oxygen atoms in total. The number of aliphatic carboxylic acids is 1. The molecule has 5 rings (SSSR count). The Morgan fingerprint density at radius 3 is 1.70 bits per heavy atom. The third kappa shape index (κ3) is 13.6. The van der Waals surface area contributed by atoms with Crippen molar-refractivity contribution in [3.63, 3.8) is 0 Å². The van der Waals surface area contributed by atoms with Crippen LogP contribution in [0.5, 0.6) is 0 Å². The van der Waals surface area contributed by atoms with Crippen molar-refractivity contribution in [3.8, 4) is 45.2 Å². The van der Waals surface area contributed by atoms with Crippen molar-refractivity contribution >= 4 is 30.0 Å². The number of carboxylic acids is 2. The van der Waals surface area contributed by atoms with Crippen LogP contribution in [0.2, 0.25) is 0 Å². The zero-order valence-electron chi connectivity index (χ0n) is 32.8. The lowest BCUT2D eigenvalue weighted by Crippen LogP contribution is -2.21. The molecule has 2 heterocycles. The predicted octanol–water partition coefficient (Wildman–Crippen LogP) is 11.5. The fourth-order valence-corrected chi connectivity index (χ4v) is 6.68. The largest absolute Gasteiger partial charge is 0.478 e. The van der Waals surface area contributed by atoms with Gasteiger partial charge in [-0.3, -0.25) is 4.79 Å². The summed E-state index contributed by atoms with van der Waals surface area (Å²) in [6.45, 7) is 2.94. The van der Waals surface area contributed by atoms with E-state index in [1.165, 1.54) is 89.2 Å². The van der Waals surface area contributed by atoms with E-state index in [4.69, 9.17) is 14.6 Å². The van der Waals surface area contributed by atoms with Gasteiger partial charge >= 0.3 is 11.9 Å². The van der Waals surface area contributed by atoms with Gasteiger partial charge in [0.15, 0.2) is 0 Å². The number of benzene rings is 3. The standard InChI is InChI=1S/C47H54N4O6/c1-2-3-4-5-6-7-8-9-10-11-12-13-14-15-32-48-42(52)30-20-34-16-22-37(23-17-34)44-45(38-24-18-35(19-25-38)21-31-43(53)54)50-46(49-44)39-28-26-36(27-29-39)40-33-41(47(55)56)57-51-40/h16-31,33H,2-15,32H2,1H3,(H,48,52)(H,49,50)(H,53,54)(H,55,56). The van der Waals surface area contributed by atoms with Crippen LogP contribution < -0.4 is 5.32 Å². The number of nitrogens with one attached hydrogen (secondary N) is 2. The lowest BCUT2D eigenvalue weighted by Gasteiger charge is -2.05. The van der Waals surface area contributed by atoms with Crippen LogP contribution in [-0.4, -0.2) is 49.7 Å². The molecule has 0 aliphatic heterocycles. The maximum Gasteiger partial charge on any atom is 0.374 e. The number of aromatic nitrogens is 3. The Kier molecular flexibility index (Phi) is 16.6. The van der Waals surface area contributed by atoms with E-state index in [-0.39, 0.29) is 11.7 Å². The molecule has 0 unspecified atom stereocenters. The van der Waals surface area contributed by atoms with Crippen LogP contribution >= 0.6 is 0 Å². The Bertz CT molecular complexity index is 2080. The van der Waals surface area contributed by atoms with Crippen molar-refractivity contribution < 1.29 is 29.1 Å². The van der Waals surface area contributed by atoms with Gasteiger partial charge in [0.2, 0.25) is 11.7 Å². The zero-order chi connectivity index (χ0) is 40.2. The van der Waals surface area contributed by atoms with E-state index in [2.05, 4.69) is 22.4 Å². The van der Waals surface area contributed by atoms with Gasteiger partial charge in [-0.25, -0.2) is 14.6 Å². The van der Waals surface area contributed by atoms with Gasteiger partial charge in [-0.05, 0) is 29.7 Å². The average Bonchev–Trinajstić information content (AvgIpc) is 3.91. The number of imidazole rings is 1. The summed E-state index contributed by atoms with van der Waals surface area (Å²) in [7, 11) is 0. The summed E-state index contributed by atoms with van der Waals surface area (Å²) >= 11 is 0. The maximum absolute atomic E-state index is 12.5. The van der Waals surface area contributed by atoms with E-state index < -0.39 is 11.9 Å². The minimum absolute atomic E-state index is 0.104. The second-order valence-electron chi connectivity index (χ2n) is 14.4. The van der Waals surface area contributed by atoms with Crippen molar-refractivity contribution in [3.05, 3.63) is 108 Å². The molecule has 5 aromatic rings. The highest BCUT2D eigenvalue weighted by atomic mass is 16.5. The fraction of sp³-hybridized carbons (Fsp3) is 0.340. The van der Waals surface area contributed by atoms with Crippen molar-refractivity contribution in [2.24, 2.45) is 0 Å². The molecule has 0 bridgehead atoms. The summed E-state index contributed by atoms with van der Waals surface area (Å²) in [4.78, 5) is 43.2. The highest BCUT2D eigenvalue weighted by Gasteiger charge is 2.17. The average molecular weight is 771 g/mol. The van der Waals surface area contributed by atoms with Crippen LogP contribution in [0.3, 0.4) is 0 Å². The molecule has 4 N–H and O–H groups in total. The topological polar surface area (TPSA) is 158 Å². The number of aromatic carboxylic acids is 1. The normalized spacial score (nSPS) is 11.5. The van der Waals surface area contributed by atoms with Crippen LogP contribution in [0.4, 0.5) is 0 Å². The minimum Gasteiger partial charge on any atom is -0.478 e. The first-order valence-corrected chi connectivity index (χ1v) is 20.3. The molecule has 0 aliphatic rings. The Balaban J connectivity index is 1.15. The SMILES string of the molecule is CCCCCCCCCCCCCCCCNC(=O)C=Cc1ccc(-c2[nH]c(-c3ccc(-c4cc(C(=O)O)on4)cc3)nc2-c2ccc(C=CC(=O)O)cc2)cc1. The molecule has 0 spiro atoms. The molecular formula is C47H54N4O6. The molecule has 0 fully saturated rings. The minimum atomic E-state index is -1.19. The second-order valence-corrected chi connectivity index (χ2v) is 14.4. The molecule has 0 saturated carbocycles. The number of hydrogen-bond acceptors (Lipinski definition) is 6. The molecule has 10 heteroatoms. The number of H-pyrrole nitrogens is 1. The summed E-state index contributed by atoms with van der Waals surface area (Å²) in [5.74, 6) is -1.93. The van der Waals surface area contributed by atoms with Gasteiger partial charge < -0.3 is 25.0 Å². The first kappa shape index (κ1) is 42.1. The summed E-state index contributed by atoms with van der Waals surface area (Å²) in [5.41, 5.74) is 6.74. The number of amides is 1. The van der Waals surface area contributed by atoms with Gasteiger partial charge in [0.25, 0.3) is 0 Å².